The van der Waals surface area contributed by atoms with Gasteiger partial charge in [-0.15, -0.1) is 6.58 Å². The van der Waals surface area contributed by atoms with E-state index in [1.165, 1.54) is 24.5 Å². The van der Waals surface area contributed by atoms with Crippen LogP contribution in [0, 0.1) is 0 Å². The average Bonchev–Trinajstić information content (AvgIpc) is 1.89. The lowest BCUT2D eigenvalue weighted by Gasteiger charge is -2.12. The zero-order valence-electron chi connectivity index (χ0n) is 6.16. The Balaban J connectivity index is 4.19. The Morgan fingerprint density at radius 1 is 1.70 bits per heavy atom. The molecule has 0 saturated heterocycles. The van der Waals surface area contributed by atoms with Gasteiger partial charge in [-0.2, -0.15) is 12.7 Å². The summed E-state index contributed by atoms with van der Waals surface area (Å²) in [6.07, 6.45) is 1.52. The summed E-state index contributed by atoms with van der Waals surface area (Å²) in [5.74, 6) is 0. The fraction of sp³-hybridized carbons (Fsp3) is 0.600. The maximum atomic E-state index is 10.9. The first-order valence-corrected chi connectivity index (χ1v) is 4.24. The van der Waals surface area contributed by atoms with E-state index in [0.717, 1.165) is 0 Å². The minimum atomic E-state index is -3.25. The first-order chi connectivity index (χ1) is 4.54. The summed E-state index contributed by atoms with van der Waals surface area (Å²) in [6, 6.07) is 0. The average molecular weight is 164 g/mol. The van der Waals surface area contributed by atoms with E-state index in [-0.39, 0.29) is 0 Å². The van der Waals surface area contributed by atoms with E-state index < -0.39 is 10.2 Å². The lowest BCUT2D eigenvalue weighted by atomic mass is 10.6. The summed E-state index contributed by atoms with van der Waals surface area (Å²) in [5, 5.41) is 0. The van der Waals surface area contributed by atoms with Gasteiger partial charge in [0, 0.05) is 20.6 Å². The zero-order chi connectivity index (χ0) is 8.20. The van der Waals surface area contributed by atoms with E-state index >= 15 is 0 Å². The van der Waals surface area contributed by atoms with Crippen molar-refractivity contribution in [2.24, 2.45) is 0 Å². The highest BCUT2D eigenvalue weighted by Crippen LogP contribution is 1.90. The second kappa shape index (κ2) is 3.70. The smallest absolute Gasteiger partial charge is 0.205 e. The van der Waals surface area contributed by atoms with Crippen molar-refractivity contribution in [1.82, 2.24) is 9.03 Å². The molecule has 0 aromatic rings. The Hall–Kier alpha value is -0.390. The topological polar surface area (TPSA) is 49.4 Å². The van der Waals surface area contributed by atoms with Crippen LogP contribution in [0.2, 0.25) is 0 Å². The minimum Gasteiger partial charge on any atom is -0.205 e. The highest BCUT2D eigenvalue weighted by Gasteiger charge is 2.11. The van der Waals surface area contributed by atoms with E-state index in [2.05, 4.69) is 11.3 Å². The van der Waals surface area contributed by atoms with Crippen molar-refractivity contribution in [3.63, 3.8) is 0 Å². The van der Waals surface area contributed by atoms with E-state index in [9.17, 15) is 8.42 Å². The molecule has 0 aromatic carbocycles. The second-order valence-electron chi connectivity index (χ2n) is 1.78. The first-order valence-electron chi connectivity index (χ1n) is 2.80. The van der Waals surface area contributed by atoms with Crippen molar-refractivity contribution >= 4 is 10.2 Å². The van der Waals surface area contributed by atoms with Crippen LogP contribution in [0.3, 0.4) is 0 Å². The van der Waals surface area contributed by atoms with Crippen LogP contribution >= 0.6 is 0 Å². The summed E-state index contributed by atoms with van der Waals surface area (Å²) < 4.78 is 25.1. The molecular formula is C5H12N2O2S. The molecule has 10 heavy (non-hydrogen) atoms. The predicted molar refractivity (Wildman–Crippen MR) is 40.8 cm³/mol. The van der Waals surface area contributed by atoms with Gasteiger partial charge in [0.25, 0.3) is 10.2 Å². The second-order valence-corrected chi connectivity index (χ2v) is 3.76. The van der Waals surface area contributed by atoms with Gasteiger partial charge in [0.1, 0.15) is 0 Å². The molecule has 4 nitrogen and oxygen atoms in total. The summed E-state index contributed by atoms with van der Waals surface area (Å²) >= 11 is 0. The molecule has 0 amide bonds. The molecule has 0 aliphatic carbocycles. The SMILES string of the molecule is C=CCN(C)S(=O)(=O)NC. The molecule has 60 valence electrons. The number of hydrogen-bond donors (Lipinski definition) is 1. The number of nitrogens with one attached hydrogen (secondary N) is 1. The highest BCUT2D eigenvalue weighted by molar-refractivity contribution is 7.87. The fourth-order valence-corrected chi connectivity index (χ4v) is 1.05. The lowest BCUT2D eigenvalue weighted by molar-refractivity contribution is 0.491. The molecule has 0 aromatic heterocycles. The van der Waals surface area contributed by atoms with Crippen LogP contribution < -0.4 is 4.72 Å². The van der Waals surface area contributed by atoms with Crippen LogP contribution in [0.5, 0.6) is 0 Å². The maximum absolute atomic E-state index is 10.9. The number of rotatable bonds is 4. The molecule has 0 aliphatic rings. The summed E-state index contributed by atoms with van der Waals surface area (Å²) in [5.41, 5.74) is 0. The molecule has 0 unspecified atom stereocenters. The normalized spacial score (nSPS) is 11.9. The first kappa shape index (κ1) is 9.61. The number of likely N-dealkylation sites (N-methyl/N-ethyl adjacent to an activating group) is 1. The molecule has 0 aliphatic heterocycles. The molecule has 0 heterocycles. The van der Waals surface area contributed by atoms with Crippen molar-refractivity contribution < 1.29 is 8.42 Å². The van der Waals surface area contributed by atoms with Gasteiger partial charge < -0.3 is 0 Å². The third kappa shape index (κ3) is 2.47. The van der Waals surface area contributed by atoms with Gasteiger partial charge in [-0.1, -0.05) is 6.08 Å². The van der Waals surface area contributed by atoms with E-state index in [1.54, 1.807) is 0 Å². The lowest BCUT2D eigenvalue weighted by Crippen LogP contribution is -2.35. The summed E-state index contributed by atoms with van der Waals surface area (Å²) in [7, 11) is -0.399. The van der Waals surface area contributed by atoms with Gasteiger partial charge >= 0.3 is 0 Å². The molecule has 1 N–H and O–H groups in total. The summed E-state index contributed by atoms with van der Waals surface area (Å²) in [4.78, 5) is 0. The van der Waals surface area contributed by atoms with Gasteiger partial charge in [0.15, 0.2) is 0 Å². The Morgan fingerprint density at radius 3 is 2.50 bits per heavy atom. The van der Waals surface area contributed by atoms with Gasteiger partial charge in [0.05, 0.1) is 0 Å². The van der Waals surface area contributed by atoms with Crippen molar-refractivity contribution in [2.75, 3.05) is 20.6 Å². The Kier molecular flexibility index (Phi) is 3.55. The standard InChI is InChI=1S/C5H12N2O2S/c1-4-5-7(3)10(8,9)6-2/h4,6H,1,5H2,2-3H3. The molecule has 0 saturated carbocycles. The van der Waals surface area contributed by atoms with Gasteiger partial charge in [-0.05, 0) is 0 Å². The van der Waals surface area contributed by atoms with Crippen LogP contribution in [0.1, 0.15) is 0 Å². The van der Waals surface area contributed by atoms with Crippen LogP contribution in [-0.2, 0) is 10.2 Å². The van der Waals surface area contributed by atoms with Crippen LogP contribution in [0.15, 0.2) is 12.7 Å². The molecule has 5 heteroatoms. The van der Waals surface area contributed by atoms with Crippen molar-refractivity contribution in [2.45, 2.75) is 0 Å². The quantitative estimate of drug-likeness (QED) is 0.573. The zero-order valence-corrected chi connectivity index (χ0v) is 6.98. The minimum absolute atomic E-state index is 0.323. The Labute approximate surface area is 61.7 Å². The van der Waals surface area contributed by atoms with E-state index in [1.807, 2.05) is 0 Å². The van der Waals surface area contributed by atoms with E-state index in [4.69, 9.17) is 0 Å². The van der Waals surface area contributed by atoms with Gasteiger partial charge in [0.2, 0.25) is 0 Å². The fourth-order valence-electron chi connectivity index (χ4n) is 0.436. The molecule has 0 spiro atoms. The molecule has 0 fully saturated rings. The molecule has 0 atom stereocenters. The molecule has 0 rings (SSSR count). The molecule has 0 bridgehead atoms. The number of nitrogens with zero attached hydrogens (tertiary/aromatic N) is 1. The summed E-state index contributed by atoms with van der Waals surface area (Å²) in [6.45, 7) is 3.74. The monoisotopic (exact) mass is 164 g/mol. The number of hydrogen-bond acceptors (Lipinski definition) is 2. The third-order valence-corrected chi connectivity index (χ3v) is 2.54. The molecule has 0 radical (unpaired) electrons. The largest absolute Gasteiger partial charge is 0.279 e. The third-order valence-electron chi connectivity index (χ3n) is 1.05. The van der Waals surface area contributed by atoms with Crippen LogP contribution in [0.25, 0.3) is 0 Å². The van der Waals surface area contributed by atoms with Gasteiger partial charge in [-0.25, -0.2) is 4.72 Å². The van der Waals surface area contributed by atoms with E-state index in [0.29, 0.717) is 6.54 Å². The Bertz CT molecular complexity index is 198. The van der Waals surface area contributed by atoms with Crippen molar-refractivity contribution in [1.29, 1.82) is 0 Å². The van der Waals surface area contributed by atoms with Crippen LogP contribution in [0.4, 0.5) is 0 Å². The highest BCUT2D eigenvalue weighted by atomic mass is 32.2. The predicted octanol–water partition coefficient (Wildman–Crippen LogP) is -0.432. The van der Waals surface area contributed by atoms with Gasteiger partial charge in [-0.3, -0.25) is 0 Å². The molecular weight excluding hydrogens is 152 g/mol. The van der Waals surface area contributed by atoms with Crippen molar-refractivity contribution in [3.8, 4) is 0 Å². The maximum Gasteiger partial charge on any atom is 0.279 e. The van der Waals surface area contributed by atoms with Crippen LogP contribution in [-0.4, -0.2) is 33.4 Å². The Morgan fingerprint density at radius 2 is 2.20 bits per heavy atom. The van der Waals surface area contributed by atoms with Crippen molar-refractivity contribution in [3.05, 3.63) is 12.7 Å².